The summed E-state index contributed by atoms with van der Waals surface area (Å²) >= 11 is 0. The number of hydrogen-bond donors (Lipinski definition) is 1. The summed E-state index contributed by atoms with van der Waals surface area (Å²) in [4.78, 5) is 4.40. The van der Waals surface area contributed by atoms with Gasteiger partial charge in [0.1, 0.15) is 0 Å². The average Bonchev–Trinajstić information content (AvgIpc) is 2.48. The van der Waals surface area contributed by atoms with Crippen molar-refractivity contribution in [3.05, 3.63) is 77.6 Å². The van der Waals surface area contributed by atoms with Crippen LogP contribution in [0.1, 0.15) is 16.8 Å². The molecule has 0 aliphatic heterocycles. The van der Waals surface area contributed by atoms with Crippen molar-refractivity contribution >= 4 is 10.8 Å². The van der Waals surface area contributed by atoms with E-state index < -0.39 is 0 Å². The highest BCUT2D eigenvalue weighted by Gasteiger charge is 2.03. The first-order valence-corrected chi connectivity index (χ1v) is 6.47. The molecule has 2 aromatic carbocycles. The molecule has 0 aliphatic rings. The second-order valence-corrected chi connectivity index (χ2v) is 4.68. The molecule has 0 saturated heterocycles. The van der Waals surface area contributed by atoms with Gasteiger partial charge in [-0.1, -0.05) is 48.5 Å². The third kappa shape index (κ3) is 2.49. The summed E-state index contributed by atoms with van der Waals surface area (Å²) in [7, 11) is 0. The molecule has 0 amide bonds. The molecule has 19 heavy (non-hydrogen) atoms. The minimum Gasteiger partial charge on any atom is -0.325 e. The first-order chi connectivity index (χ1) is 9.36. The summed E-state index contributed by atoms with van der Waals surface area (Å²) in [5.41, 5.74) is 9.20. The SMILES string of the molecule is NCc1cc2cccc(Cc3ccccc3)c2cn1. The first-order valence-electron chi connectivity index (χ1n) is 6.47. The number of benzene rings is 2. The van der Waals surface area contributed by atoms with Crippen LogP contribution in [0.4, 0.5) is 0 Å². The Balaban J connectivity index is 2.04. The lowest BCUT2D eigenvalue weighted by Gasteiger charge is -2.07. The number of nitrogens with zero attached hydrogens (tertiary/aromatic N) is 1. The maximum atomic E-state index is 5.64. The van der Waals surface area contributed by atoms with Gasteiger partial charge in [-0.3, -0.25) is 4.98 Å². The third-order valence-corrected chi connectivity index (χ3v) is 3.36. The molecule has 0 atom stereocenters. The minimum absolute atomic E-state index is 0.485. The van der Waals surface area contributed by atoms with Crippen LogP contribution >= 0.6 is 0 Å². The second kappa shape index (κ2) is 5.21. The number of aromatic nitrogens is 1. The molecule has 0 radical (unpaired) electrons. The second-order valence-electron chi connectivity index (χ2n) is 4.68. The number of hydrogen-bond acceptors (Lipinski definition) is 2. The quantitative estimate of drug-likeness (QED) is 0.772. The molecule has 2 N–H and O–H groups in total. The molecule has 1 aromatic heterocycles. The lowest BCUT2D eigenvalue weighted by molar-refractivity contribution is 0.997. The van der Waals surface area contributed by atoms with Gasteiger partial charge >= 0.3 is 0 Å². The Morgan fingerprint density at radius 1 is 0.947 bits per heavy atom. The molecule has 0 spiro atoms. The summed E-state index contributed by atoms with van der Waals surface area (Å²) in [5.74, 6) is 0. The fourth-order valence-electron chi connectivity index (χ4n) is 2.36. The van der Waals surface area contributed by atoms with Gasteiger partial charge in [-0.15, -0.1) is 0 Å². The minimum atomic E-state index is 0.485. The third-order valence-electron chi connectivity index (χ3n) is 3.36. The van der Waals surface area contributed by atoms with Gasteiger partial charge in [0.05, 0.1) is 5.69 Å². The van der Waals surface area contributed by atoms with E-state index >= 15 is 0 Å². The average molecular weight is 248 g/mol. The van der Waals surface area contributed by atoms with Crippen LogP contribution in [-0.4, -0.2) is 4.98 Å². The highest BCUT2D eigenvalue weighted by Crippen LogP contribution is 2.21. The van der Waals surface area contributed by atoms with Crippen molar-refractivity contribution in [1.82, 2.24) is 4.98 Å². The Hall–Kier alpha value is -2.19. The van der Waals surface area contributed by atoms with Crippen LogP contribution in [0.15, 0.2) is 60.8 Å². The topological polar surface area (TPSA) is 38.9 Å². The Kier molecular flexibility index (Phi) is 3.25. The van der Waals surface area contributed by atoms with E-state index in [1.165, 1.54) is 21.9 Å². The molecule has 0 unspecified atom stereocenters. The van der Waals surface area contributed by atoms with Crippen molar-refractivity contribution in [2.75, 3.05) is 0 Å². The summed E-state index contributed by atoms with van der Waals surface area (Å²) in [6.45, 7) is 0.485. The monoisotopic (exact) mass is 248 g/mol. The molecule has 0 aliphatic carbocycles. The largest absolute Gasteiger partial charge is 0.325 e. The van der Waals surface area contributed by atoms with E-state index in [0.29, 0.717) is 6.54 Å². The highest BCUT2D eigenvalue weighted by atomic mass is 14.7. The predicted molar refractivity (Wildman–Crippen MR) is 78.9 cm³/mol. The van der Waals surface area contributed by atoms with Gasteiger partial charge in [0, 0.05) is 18.1 Å². The Morgan fingerprint density at radius 2 is 1.79 bits per heavy atom. The Bertz CT molecular complexity index is 690. The summed E-state index contributed by atoms with van der Waals surface area (Å²) in [6, 6.07) is 19.0. The van der Waals surface area contributed by atoms with Crippen LogP contribution in [-0.2, 0) is 13.0 Å². The lowest BCUT2D eigenvalue weighted by atomic mass is 9.99. The van der Waals surface area contributed by atoms with Crippen molar-refractivity contribution < 1.29 is 0 Å². The molecule has 0 bridgehead atoms. The van der Waals surface area contributed by atoms with Gasteiger partial charge in [0.25, 0.3) is 0 Å². The van der Waals surface area contributed by atoms with Gasteiger partial charge in [-0.25, -0.2) is 0 Å². The van der Waals surface area contributed by atoms with Gasteiger partial charge < -0.3 is 5.73 Å². The molecule has 0 saturated carbocycles. The van der Waals surface area contributed by atoms with Crippen molar-refractivity contribution in [3.63, 3.8) is 0 Å². The molecule has 0 fully saturated rings. The van der Waals surface area contributed by atoms with Crippen molar-refractivity contribution in [3.8, 4) is 0 Å². The Morgan fingerprint density at radius 3 is 2.58 bits per heavy atom. The molecule has 94 valence electrons. The highest BCUT2D eigenvalue weighted by molar-refractivity contribution is 5.85. The van der Waals surface area contributed by atoms with Gasteiger partial charge in [-0.2, -0.15) is 0 Å². The van der Waals surface area contributed by atoms with E-state index in [4.69, 9.17) is 5.73 Å². The van der Waals surface area contributed by atoms with Crippen LogP contribution in [0.3, 0.4) is 0 Å². The van der Waals surface area contributed by atoms with E-state index in [2.05, 4.69) is 53.5 Å². The Labute approximate surface area is 112 Å². The molecule has 1 heterocycles. The van der Waals surface area contributed by atoms with Crippen molar-refractivity contribution in [2.24, 2.45) is 5.73 Å². The molecule has 3 aromatic rings. The summed E-state index contributed by atoms with van der Waals surface area (Å²) in [6.07, 6.45) is 2.87. The predicted octanol–water partition coefficient (Wildman–Crippen LogP) is 3.28. The molecule has 2 heteroatoms. The maximum absolute atomic E-state index is 5.64. The standard InChI is InChI=1S/C17H16N2/c18-11-16-10-15-8-4-7-14(17(15)12-19-16)9-13-5-2-1-3-6-13/h1-8,10,12H,9,11,18H2. The first kappa shape index (κ1) is 11.9. The zero-order valence-electron chi connectivity index (χ0n) is 10.7. The van der Waals surface area contributed by atoms with Crippen LogP contribution < -0.4 is 5.73 Å². The number of fused-ring (bicyclic) bond motifs is 1. The molecular weight excluding hydrogens is 232 g/mol. The van der Waals surface area contributed by atoms with E-state index in [1.54, 1.807) is 0 Å². The maximum Gasteiger partial charge on any atom is 0.0545 e. The summed E-state index contributed by atoms with van der Waals surface area (Å²) < 4.78 is 0. The van der Waals surface area contributed by atoms with Crippen LogP contribution in [0.2, 0.25) is 0 Å². The fourth-order valence-corrected chi connectivity index (χ4v) is 2.36. The molecular formula is C17H16N2. The normalized spacial score (nSPS) is 10.8. The van der Waals surface area contributed by atoms with E-state index in [0.717, 1.165) is 12.1 Å². The smallest absolute Gasteiger partial charge is 0.0545 e. The number of nitrogens with two attached hydrogens (primary N) is 1. The fraction of sp³-hybridized carbons (Fsp3) is 0.118. The lowest BCUT2D eigenvalue weighted by Crippen LogP contribution is -1.99. The van der Waals surface area contributed by atoms with Gasteiger partial charge in [-0.05, 0) is 29.0 Å². The summed E-state index contributed by atoms with van der Waals surface area (Å²) in [5, 5.41) is 2.42. The van der Waals surface area contributed by atoms with E-state index in [9.17, 15) is 0 Å². The number of pyridine rings is 1. The zero-order chi connectivity index (χ0) is 13.1. The van der Waals surface area contributed by atoms with Crippen LogP contribution in [0.25, 0.3) is 10.8 Å². The zero-order valence-corrected chi connectivity index (χ0v) is 10.7. The van der Waals surface area contributed by atoms with E-state index in [-0.39, 0.29) is 0 Å². The van der Waals surface area contributed by atoms with E-state index in [1.807, 2.05) is 12.3 Å². The van der Waals surface area contributed by atoms with Crippen LogP contribution in [0.5, 0.6) is 0 Å². The number of rotatable bonds is 3. The van der Waals surface area contributed by atoms with Crippen molar-refractivity contribution in [1.29, 1.82) is 0 Å². The van der Waals surface area contributed by atoms with Gasteiger partial charge in [0.2, 0.25) is 0 Å². The molecule has 3 rings (SSSR count). The molecule has 2 nitrogen and oxygen atoms in total. The van der Waals surface area contributed by atoms with Gasteiger partial charge in [0.15, 0.2) is 0 Å². The van der Waals surface area contributed by atoms with Crippen LogP contribution in [0, 0.1) is 0 Å². The van der Waals surface area contributed by atoms with Crippen molar-refractivity contribution in [2.45, 2.75) is 13.0 Å².